The number of benzene rings is 2. The molecule has 3 aromatic rings. The van der Waals surface area contributed by atoms with E-state index in [9.17, 15) is 13.2 Å². The zero-order valence-corrected chi connectivity index (χ0v) is 15.2. The summed E-state index contributed by atoms with van der Waals surface area (Å²) in [5, 5.41) is 22.6. The molecule has 0 aliphatic heterocycles. The van der Waals surface area contributed by atoms with Crippen molar-refractivity contribution < 1.29 is 18.3 Å². The molecule has 4 N–H and O–H groups in total. The van der Waals surface area contributed by atoms with Crippen LogP contribution in [-0.4, -0.2) is 33.9 Å². The lowest BCUT2D eigenvalue weighted by Gasteiger charge is -2.14. The van der Waals surface area contributed by atoms with Gasteiger partial charge in [-0.15, -0.1) is 0 Å². The van der Waals surface area contributed by atoms with Crippen molar-refractivity contribution in [1.29, 1.82) is 5.41 Å². The Morgan fingerprint density at radius 2 is 1.72 bits per heavy atom. The van der Waals surface area contributed by atoms with Gasteiger partial charge in [-0.2, -0.15) is 0 Å². The van der Waals surface area contributed by atoms with Gasteiger partial charge in [0.15, 0.2) is 17.5 Å². The standard InChI is InChI=1S/C20H18F3N5O/c21-14-6-2-1-4-12(14)10-26-18-13(5-3-7-15(18)22)17(24)20-27-11-16(23)19(28-20)25-8-9-29/h1-7,11,24,26,29H,8-10H2,(H,25,27,28). The summed E-state index contributed by atoms with van der Waals surface area (Å²) < 4.78 is 42.1. The molecule has 2 aromatic carbocycles. The number of nitrogens with zero attached hydrogens (tertiary/aromatic N) is 2. The molecule has 0 radical (unpaired) electrons. The second kappa shape index (κ2) is 9.16. The number of aromatic nitrogens is 2. The van der Waals surface area contributed by atoms with Gasteiger partial charge in [0, 0.05) is 24.2 Å². The number of anilines is 2. The zero-order chi connectivity index (χ0) is 20.8. The fraction of sp³-hybridized carbons (Fsp3) is 0.150. The summed E-state index contributed by atoms with van der Waals surface area (Å²) in [5.74, 6) is -2.12. The molecule has 0 bridgehead atoms. The Labute approximate surface area is 165 Å². The number of rotatable bonds is 8. The molecule has 3 rings (SSSR count). The van der Waals surface area contributed by atoms with Crippen LogP contribution in [0.5, 0.6) is 0 Å². The first kappa shape index (κ1) is 20.3. The van der Waals surface area contributed by atoms with Crippen LogP contribution in [0.25, 0.3) is 0 Å². The maximum atomic E-state index is 14.4. The Morgan fingerprint density at radius 3 is 2.48 bits per heavy atom. The second-order valence-electron chi connectivity index (χ2n) is 6.02. The van der Waals surface area contributed by atoms with Gasteiger partial charge in [-0.05, 0) is 12.1 Å². The minimum Gasteiger partial charge on any atom is -0.395 e. The molecule has 1 heterocycles. The second-order valence-corrected chi connectivity index (χ2v) is 6.02. The highest BCUT2D eigenvalue weighted by Gasteiger charge is 2.18. The van der Waals surface area contributed by atoms with Crippen molar-refractivity contribution in [2.75, 3.05) is 23.8 Å². The van der Waals surface area contributed by atoms with E-state index in [1.807, 2.05) is 0 Å². The molecule has 150 valence electrons. The molecule has 0 fully saturated rings. The van der Waals surface area contributed by atoms with Gasteiger partial charge in [0.2, 0.25) is 0 Å². The molecule has 0 saturated carbocycles. The highest BCUT2D eigenvalue weighted by atomic mass is 19.1. The molecule has 0 saturated heterocycles. The lowest BCUT2D eigenvalue weighted by atomic mass is 10.1. The van der Waals surface area contributed by atoms with Crippen molar-refractivity contribution in [2.24, 2.45) is 0 Å². The number of halogens is 3. The quantitative estimate of drug-likeness (QED) is 0.435. The van der Waals surface area contributed by atoms with E-state index in [1.165, 1.54) is 24.3 Å². The van der Waals surface area contributed by atoms with E-state index in [4.69, 9.17) is 10.5 Å². The minimum atomic E-state index is -0.743. The summed E-state index contributed by atoms with van der Waals surface area (Å²) in [4.78, 5) is 7.75. The monoisotopic (exact) mass is 401 g/mol. The first-order chi connectivity index (χ1) is 14.0. The highest BCUT2D eigenvalue weighted by Crippen LogP contribution is 2.24. The molecule has 1 aromatic heterocycles. The van der Waals surface area contributed by atoms with E-state index in [1.54, 1.807) is 18.2 Å². The van der Waals surface area contributed by atoms with Crippen molar-refractivity contribution in [2.45, 2.75) is 6.54 Å². The molecule has 29 heavy (non-hydrogen) atoms. The summed E-state index contributed by atoms with van der Waals surface area (Å²) in [5.41, 5.74) is 0.217. The van der Waals surface area contributed by atoms with E-state index in [-0.39, 0.29) is 48.3 Å². The molecular weight excluding hydrogens is 383 g/mol. The fourth-order valence-electron chi connectivity index (χ4n) is 2.64. The van der Waals surface area contributed by atoms with Gasteiger partial charge >= 0.3 is 0 Å². The molecule has 0 atom stereocenters. The zero-order valence-electron chi connectivity index (χ0n) is 15.2. The number of hydrogen-bond donors (Lipinski definition) is 4. The van der Waals surface area contributed by atoms with E-state index in [2.05, 4.69) is 20.6 Å². The predicted molar refractivity (Wildman–Crippen MR) is 104 cm³/mol. The molecule has 0 aliphatic rings. The fourth-order valence-corrected chi connectivity index (χ4v) is 2.64. The first-order valence-electron chi connectivity index (χ1n) is 8.73. The topological polar surface area (TPSA) is 93.9 Å². The molecule has 0 amide bonds. The molecular formula is C20H18F3N5O. The smallest absolute Gasteiger partial charge is 0.183 e. The third-order valence-corrected chi connectivity index (χ3v) is 4.07. The van der Waals surface area contributed by atoms with Crippen LogP contribution in [0, 0.1) is 22.9 Å². The highest BCUT2D eigenvalue weighted by molar-refractivity contribution is 6.12. The number of aliphatic hydroxyl groups is 1. The van der Waals surface area contributed by atoms with Gasteiger partial charge in [-0.25, -0.2) is 23.1 Å². The van der Waals surface area contributed by atoms with Crippen LogP contribution >= 0.6 is 0 Å². The van der Waals surface area contributed by atoms with Gasteiger partial charge in [0.1, 0.15) is 17.3 Å². The van der Waals surface area contributed by atoms with Gasteiger partial charge in [0.25, 0.3) is 0 Å². The van der Waals surface area contributed by atoms with Crippen LogP contribution in [0.1, 0.15) is 17.0 Å². The van der Waals surface area contributed by atoms with Crippen molar-refractivity contribution in [3.05, 3.63) is 83.1 Å². The third-order valence-electron chi connectivity index (χ3n) is 4.07. The van der Waals surface area contributed by atoms with Gasteiger partial charge in [0.05, 0.1) is 18.5 Å². The lowest BCUT2D eigenvalue weighted by molar-refractivity contribution is 0.310. The van der Waals surface area contributed by atoms with Crippen LogP contribution in [0.2, 0.25) is 0 Å². The Hall–Kier alpha value is -3.46. The van der Waals surface area contributed by atoms with Crippen LogP contribution in [0.15, 0.2) is 48.7 Å². The summed E-state index contributed by atoms with van der Waals surface area (Å²) in [6.45, 7) is -0.165. The minimum absolute atomic E-state index is 0.00146. The van der Waals surface area contributed by atoms with Crippen molar-refractivity contribution >= 4 is 17.2 Å². The van der Waals surface area contributed by atoms with Gasteiger partial charge < -0.3 is 15.7 Å². The molecule has 9 heteroatoms. The summed E-state index contributed by atoms with van der Waals surface area (Å²) >= 11 is 0. The van der Waals surface area contributed by atoms with Crippen LogP contribution in [-0.2, 0) is 6.54 Å². The molecule has 0 spiro atoms. The molecule has 0 aliphatic carbocycles. The number of nitrogens with one attached hydrogen (secondary N) is 3. The van der Waals surface area contributed by atoms with Crippen molar-refractivity contribution in [3.63, 3.8) is 0 Å². The Bertz CT molecular complexity index is 1030. The van der Waals surface area contributed by atoms with E-state index < -0.39 is 17.5 Å². The average molecular weight is 401 g/mol. The Kier molecular flexibility index (Phi) is 6.40. The van der Waals surface area contributed by atoms with Crippen molar-refractivity contribution in [1.82, 2.24) is 9.97 Å². The normalized spacial score (nSPS) is 10.6. The van der Waals surface area contributed by atoms with E-state index in [0.29, 0.717) is 5.56 Å². The predicted octanol–water partition coefficient (Wildman–Crippen LogP) is 3.33. The summed E-state index contributed by atoms with van der Waals surface area (Å²) in [7, 11) is 0. The molecule has 6 nitrogen and oxygen atoms in total. The Morgan fingerprint density at radius 1 is 0.966 bits per heavy atom. The van der Waals surface area contributed by atoms with Crippen LogP contribution in [0.3, 0.4) is 0 Å². The SMILES string of the molecule is N=C(c1ncc(F)c(NCCO)n1)c1cccc(F)c1NCc1ccccc1F. The lowest BCUT2D eigenvalue weighted by Crippen LogP contribution is -2.15. The summed E-state index contributed by atoms with van der Waals surface area (Å²) in [6, 6.07) is 10.2. The average Bonchev–Trinajstić information content (AvgIpc) is 2.72. The largest absolute Gasteiger partial charge is 0.395 e. The first-order valence-corrected chi connectivity index (χ1v) is 8.73. The van der Waals surface area contributed by atoms with E-state index >= 15 is 0 Å². The maximum Gasteiger partial charge on any atom is 0.183 e. The number of para-hydroxylation sites is 1. The maximum absolute atomic E-state index is 14.4. The van der Waals surface area contributed by atoms with Crippen LogP contribution < -0.4 is 10.6 Å². The van der Waals surface area contributed by atoms with Crippen molar-refractivity contribution in [3.8, 4) is 0 Å². The summed E-state index contributed by atoms with van der Waals surface area (Å²) in [6.07, 6.45) is 0.891. The third kappa shape index (κ3) is 4.69. The van der Waals surface area contributed by atoms with Crippen LogP contribution in [0.4, 0.5) is 24.7 Å². The molecule has 0 unspecified atom stereocenters. The number of aliphatic hydroxyl groups excluding tert-OH is 1. The van der Waals surface area contributed by atoms with Gasteiger partial charge in [-0.1, -0.05) is 30.3 Å². The van der Waals surface area contributed by atoms with E-state index in [0.717, 1.165) is 6.20 Å². The van der Waals surface area contributed by atoms with Gasteiger partial charge in [-0.3, -0.25) is 5.41 Å². The Balaban J connectivity index is 1.90. The number of hydrogen-bond acceptors (Lipinski definition) is 6.